The number of aliphatic carboxylic acids is 1. The van der Waals surface area contributed by atoms with Crippen molar-refractivity contribution >= 4 is 53.1 Å². The van der Waals surface area contributed by atoms with Gasteiger partial charge in [0.15, 0.2) is 3.95 Å². The van der Waals surface area contributed by atoms with Crippen LogP contribution in [-0.4, -0.2) is 34.1 Å². The third-order valence-corrected chi connectivity index (χ3v) is 6.19. The maximum absolute atomic E-state index is 12.0. The van der Waals surface area contributed by atoms with Crippen LogP contribution in [0.5, 0.6) is 11.6 Å². The van der Waals surface area contributed by atoms with Crippen LogP contribution < -0.4 is 4.74 Å². The van der Waals surface area contributed by atoms with E-state index < -0.39 is 12.0 Å². The van der Waals surface area contributed by atoms with Gasteiger partial charge in [0.25, 0.3) is 0 Å². The van der Waals surface area contributed by atoms with Gasteiger partial charge in [-0.2, -0.15) is 0 Å². The molecule has 2 aromatic carbocycles. The molecule has 30 heavy (non-hydrogen) atoms. The van der Waals surface area contributed by atoms with Crippen molar-refractivity contribution < 1.29 is 19.7 Å². The van der Waals surface area contributed by atoms with Crippen LogP contribution in [0.25, 0.3) is 11.6 Å². The third-order valence-electron chi connectivity index (χ3n) is 4.86. The fourth-order valence-corrected chi connectivity index (χ4v) is 4.70. The Balaban J connectivity index is 1.73. The van der Waals surface area contributed by atoms with Gasteiger partial charge < -0.3 is 14.9 Å². The Morgan fingerprint density at radius 3 is 2.77 bits per heavy atom. The number of ether oxygens (including phenoxy) is 1. The average Bonchev–Trinajstić information content (AvgIpc) is 3.27. The maximum Gasteiger partial charge on any atom is 0.327 e. The topological polar surface area (TPSA) is 84.0 Å². The van der Waals surface area contributed by atoms with Gasteiger partial charge in [-0.1, -0.05) is 30.3 Å². The Bertz CT molecular complexity index is 1230. The highest BCUT2D eigenvalue weighted by atomic mass is 32.1. The molecule has 3 aromatic rings. The number of hydrogen-bond acceptors (Lipinski definition) is 6. The lowest BCUT2D eigenvalue weighted by Gasteiger charge is -2.15. The largest absolute Gasteiger partial charge is 0.497 e. The lowest BCUT2D eigenvalue weighted by Crippen LogP contribution is -2.21. The van der Waals surface area contributed by atoms with Crippen LogP contribution in [0.4, 0.5) is 5.69 Å². The van der Waals surface area contributed by atoms with Gasteiger partial charge in [0.1, 0.15) is 11.8 Å². The second-order valence-electron chi connectivity index (χ2n) is 6.71. The van der Waals surface area contributed by atoms with Crippen LogP contribution in [0.15, 0.2) is 53.5 Å². The van der Waals surface area contributed by atoms with E-state index in [1.807, 2.05) is 48.5 Å². The van der Waals surface area contributed by atoms with Gasteiger partial charge in [0.2, 0.25) is 5.88 Å². The predicted molar refractivity (Wildman–Crippen MR) is 121 cm³/mol. The van der Waals surface area contributed by atoms with E-state index >= 15 is 0 Å². The molecule has 0 fully saturated rings. The third kappa shape index (κ3) is 3.79. The second-order valence-corrected chi connectivity index (χ2v) is 8.39. The maximum atomic E-state index is 12.0. The van der Waals surface area contributed by atoms with E-state index in [0.717, 1.165) is 33.7 Å². The molecule has 1 aliphatic heterocycles. The van der Waals surface area contributed by atoms with E-state index in [0.29, 0.717) is 14.6 Å². The lowest BCUT2D eigenvalue weighted by molar-refractivity contribution is -0.141. The number of carboxylic acids is 1. The van der Waals surface area contributed by atoms with Gasteiger partial charge in [0.05, 0.1) is 17.7 Å². The molecule has 0 saturated heterocycles. The Kier molecular flexibility index (Phi) is 5.52. The highest BCUT2D eigenvalue weighted by Gasteiger charge is 2.26. The minimum absolute atomic E-state index is 0.162. The summed E-state index contributed by atoms with van der Waals surface area (Å²) in [5, 5.41) is 20.6. The molecular weight excluding hydrogens is 420 g/mol. The van der Waals surface area contributed by atoms with Crippen molar-refractivity contribution in [3.63, 3.8) is 0 Å². The number of methoxy groups -OCH3 is 1. The smallest absolute Gasteiger partial charge is 0.327 e. The number of allylic oxidation sites excluding steroid dienone is 1. The van der Waals surface area contributed by atoms with Crippen molar-refractivity contribution in [3.8, 4) is 11.6 Å². The van der Waals surface area contributed by atoms with E-state index in [4.69, 9.17) is 17.0 Å². The van der Waals surface area contributed by atoms with Gasteiger partial charge in [0, 0.05) is 23.8 Å². The van der Waals surface area contributed by atoms with Crippen LogP contribution in [0.1, 0.15) is 22.0 Å². The first-order valence-electron chi connectivity index (χ1n) is 9.13. The molecule has 152 valence electrons. The van der Waals surface area contributed by atoms with Gasteiger partial charge in [-0.3, -0.25) is 9.56 Å². The molecule has 6 nitrogen and oxygen atoms in total. The number of rotatable bonds is 6. The Labute approximate surface area is 182 Å². The number of aromatic nitrogens is 1. The summed E-state index contributed by atoms with van der Waals surface area (Å²) in [6.07, 6.45) is 3.68. The molecule has 0 bridgehead atoms. The molecule has 1 aliphatic rings. The van der Waals surface area contributed by atoms with E-state index in [1.54, 1.807) is 19.4 Å². The number of carboxylic acid groups (broad SMARTS) is 1. The lowest BCUT2D eigenvalue weighted by atomic mass is 10.1. The highest BCUT2D eigenvalue weighted by Crippen LogP contribution is 2.38. The first-order valence-corrected chi connectivity index (χ1v) is 10.4. The number of benzene rings is 2. The Hall–Kier alpha value is -3.23. The van der Waals surface area contributed by atoms with E-state index in [-0.39, 0.29) is 12.3 Å². The van der Waals surface area contributed by atoms with Gasteiger partial charge in [-0.05, 0) is 42.1 Å². The molecule has 2 heterocycles. The first-order chi connectivity index (χ1) is 14.5. The summed E-state index contributed by atoms with van der Waals surface area (Å²) in [5.74, 6) is -0.515. The zero-order chi connectivity index (χ0) is 21.3. The number of fused-ring (bicyclic) bond motifs is 1. The van der Waals surface area contributed by atoms with Crippen LogP contribution in [-0.2, 0) is 11.2 Å². The van der Waals surface area contributed by atoms with Crippen LogP contribution in [0.3, 0.4) is 0 Å². The molecule has 4 rings (SSSR count). The molecule has 0 spiro atoms. The number of nitrogens with zero attached hydrogens (tertiary/aromatic N) is 2. The van der Waals surface area contributed by atoms with Gasteiger partial charge >= 0.3 is 5.97 Å². The molecule has 1 aromatic heterocycles. The van der Waals surface area contributed by atoms with Gasteiger partial charge in [-0.15, -0.1) is 11.3 Å². The molecule has 1 unspecified atom stereocenters. The molecule has 0 radical (unpaired) electrons. The van der Waals surface area contributed by atoms with Gasteiger partial charge in [-0.25, -0.2) is 4.79 Å². The van der Waals surface area contributed by atoms with Crippen LogP contribution in [0.2, 0.25) is 0 Å². The molecule has 0 aliphatic carbocycles. The summed E-state index contributed by atoms with van der Waals surface area (Å²) in [6, 6.07) is 13.8. The average molecular weight is 439 g/mol. The van der Waals surface area contributed by atoms with Crippen LogP contribution in [0, 0.1) is 3.95 Å². The number of hydrogen-bond donors (Lipinski definition) is 2. The molecule has 8 heteroatoms. The van der Waals surface area contributed by atoms with Crippen molar-refractivity contribution in [2.45, 2.75) is 12.5 Å². The van der Waals surface area contributed by atoms with Crippen molar-refractivity contribution in [3.05, 3.63) is 68.5 Å². The fourth-order valence-electron chi connectivity index (χ4n) is 3.34. The number of carbonyl (C=O) groups is 1. The summed E-state index contributed by atoms with van der Waals surface area (Å²) < 4.78 is 6.88. The van der Waals surface area contributed by atoms with Crippen molar-refractivity contribution in [2.75, 3.05) is 7.11 Å². The summed E-state index contributed by atoms with van der Waals surface area (Å²) in [4.78, 5) is 16.8. The summed E-state index contributed by atoms with van der Waals surface area (Å²) in [7, 11) is 1.59. The second kappa shape index (κ2) is 8.25. The monoisotopic (exact) mass is 438 g/mol. The van der Waals surface area contributed by atoms with E-state index in [2.05, 4.69) is 4.99 Å². The zero-order valence-electron chi connectivity index (χ0n) is 16.0. The summed E-state index contributed by atoms with van der Waals surface area (Å²) >= 11 is 6.57. The van der Waals surface area contributed by atoms with Crippen molar-refractivity contribution in [2.24, 2.45) is 4.99 Å². The zero-order valence-corrected chi connectivity index (χ0v) is 17.6. The van der Waals surface area contributed by atoms with E-state index in [1.165, 1.54) is 4.57 Å². The molecule has 0 saturated carbocycles. The highest BCUT2D eigenvalue weighted by molar-refractivity contribution is 7.73. The number of thiazole rings is 1. The first kappa shape index (κ1) is 20.1. The summed E-state index contributed by atoms with van der Waals surface area (Å²) in [5.41, 5.74) is 3.31. The predicted octanol–water partition coefficient (Wildman–Crippen LogP) is 5.12. The molecule has 0 amide bonds. The SMILES string of the molecule is COc1ccc2c(c1)/C(=C/c1sc(=S)n(C(Cc3ccccc3)C(=O)O)c1O)C=N2. The Morgan fingerprint density at radius 2 is 2.07 bits per heavy atom. The Morgan fingerprint density at radius 1 is 1.30 bits per heavy atom. The molecule has 2 N–H and O–H groups in total. The standard InChI is InChI=1S/C22H18N2O4S2/c1-28-15-7-8-17-16(11-15)14(12-23-17)10-19-20(25)24(22(29)30-19)18(21(26)27)9-13-5-3-2-4-6-13/h2-8,10-12,18,25H,9H2,1H3,(H,26,27)/b14-10+. The van der Waals surface area contributed by atoms with Crippen molar-refractivity contribution in [1.82, 2.24) is 4.57 Å². The normalized spacial score (nSPS) is 14.6. The quantitative estimate of drug-likeness (QED) is 0.522. The van der Waals surface area contributed by atoms with Crippen LogP contribution >= 0.6 is 23.6 Å². The van der Waals surface area contributed by atoms with E-state index in [9.17, 15) is 15.0 Å². The minimum Gasteiger partial charge on any atom is -0.497 e. The number of aliphatic imine (C=N–C) groups is 1. The molecular formula is C22H18N2O4S2. The fraction of sp³-hybridized carbons (Fsp3) is 0.136. The number of aromatic hydroxyl groups is 1. The minimum atomic E-state index is -1.06. The van der Waals surface area contributed by atoms with Crippen molar-refractivity contribution in [1.29, 1.82) is 0 Å². The summed E-state index contributed by atoms with van der Waals surface area (Å²) in [6.45, 7) is 0. The molecule has 1 atom stereocenters.